The van der Waals surface area contributed by atoms with Gasteiger partial charge in [0.25, 0.3) is 0 Å². The topological polar surface area (TPSA) is 54.5 Å². The van der Waals surface area contributed by atoms with Crippen molar-refractivity contribution in [1.29, 1.82) is 0 Å². The van der Waals surface area contributed by atoms with Crippen molar-refractivity contribution in [3.63, 3.8) is 0 Å². The van der Waals surface area contributed by atoms with Crippen LogP contribution in [0.4, 0.5) is 0 Å². The number of aromatic nitrogens is 1. The zero-order valence-corrected chi connectivity index (χ0v) is 16.0. The van der Waals surface area contributed by atoms with Crippen LogP contribution in [0.2, 0.25) is 0 Å². The van der Waals surface area contributed by atoms with E-state index < -0.39 is 0 Å². The molecule has 3 aromatic rings. The number of likely N-dealkylation sites (N-methyl/N-ethyl adjacent to an activating group) is 1. The highest BCUT2D eigenvalue weighted by Crippen LogP contribution is 2.28. The molecule has 0 aliphatic heterocycles. The Bertz CT molecular complexity index is 843. The number of carbonyl (C=O) groups excluding carboxylic acids is 1. The Hall–Kier alpha value is -2.44. The Balaban J connectivity index is 1.54. The lowest BCUT2D eigenvalue weighted by Crippen LogP contribution is -2.36. The minimum absolute atomic E-state index is 0.00345. The highest BCUT2D eigenvalue weighted by atomic mass is 32.1. The van der Waals surface area contributed by atoms with E-state index in [-0.39, 0.29) is 11.9 Å². The predicted octanol–water partition coefficient (Wildman–Crippen LogP) is 3.61. The average molecular weight is 369 g/mol. The van der Waals surface area contributed by atoms with E-state index in [1.54, 1.807) is 18.4 Å². The number of carbonyl (C=O) groups is 1. The van der Waals surface area contributed by atoms with E-state index >= 15 is 0 Å². The van der Waals surface area contributed by atoms with Gasteiger partial charge in [-0.3, -0.25) is 9.69 Å². The first-order valence-electron chi connectivity index (χ1n) is 8.52. The van der Waals surface area contributed by atoms with Gasteiger partial charge in [-0.05, 0) is 43.8 Å². The second kappa shape index (κ2) is 8.29. The van der Waals surface area contributed by atoms with Gasteiger partial charge in [0.2, 0.25) is 5.91 Å². The summed E-state index contributed by atoms with van der Waals surface area (Å²) in [6.45, 7) is 2.91. The molecule has 2 aromatic carbocycles. The molecule has 0 aliphatic carbocycles. The molecule has 5 nitrogen and oxygen atoms in total. The van der Waals surface area contributed by atoms with Crippen molar-refractivity contribution in [2.24, 2.45) is 0 Å². The van der Waals surface area contributed by atoms with Crippen LogP contribution >= 0.6 is 11.3 Å². The van der Waals surface area contributed by atoms with Crippen LogP contribution in [0.15, 0.2) is 48.5 Å². The first-order valence-corrected chi connectivity index (χ1v) is 9.34. The molecule has 1 aromatic heterocycles. The van der Waals surface area contributed by atoms with Crippen molar-refractivity contribution in [2.45, 2.75) is 19.5 Å². The van der Waals surface area contributed by atoms with E-state index in [1.165, 1.54) is 4.70 Å². The summed E-state index contributed by atoms with van der Waals surface area (Å²) < 4.78 is 6.31. The van der Waals surface area contributed by atoms with E-state index in [2.05, 4.69) is 23.3 Å². The second-order valence-corrected chi connectivity index (χ2v) is 7.30. The van der Waals surface area contributed by atoms with Crippen LogP contribution in [-0.2, 0) is 11.3 Å². The third kappa shape index (κ3) is 4.39. The lowest BCUT2D eigenvalue weighted by molar-refractivity contribution is -0.122. The molecule has 0 radical (unpaired) electrons. The van der Waals surface area contributed by atoms with Crippen LogP contribution < -0.4 is 10.1 Å². The first kappa shape index (κ1) is 18.4. The number of hydrogen-bond donors (Lipinski definition) is 1. The second-order valence-electron chi connectivity index (χ2n) is 6.24. The summed E-state index contributed by atoms with van der Waals surface area (Å²) in [6.07, 6.45) is 0. The maximum Gasteiger partial charge on any atom is 0.234 e. The third-order valence-electron chi connectivity index (χ3n) is 4.37. The van der Waals surface area contributed by atoms with Crippen molar-refractivity contribution in [3.8, 4) is 5.75 Å². The standard InChI is InChI=1S/C20H23N3O2S/c1-14(20-22-17-6-4-5-7-18(17)26-20)23(2)13-19(24)21-12-15-8-10-16(25-3)11-9-15/h4-11,14H,12-13H2,1-3H3,(H,21,24)/t14-/m0/s1. The molecular formula is C20H23N3O2S. The van der Waals surface area contributed by atoms with Gasteiger partial charge in [0.05, 0.1) is 29.9 Å². The number of thiazole rings is 1. The fourth-order valence-corrected chi connectivity index (χ4v) is 3.71. The molecule has 0 saturated carbocycles. The summed E-state index contributed by atoms with van der Waals surface area (Å²) in [5.41, 5.74) is 2.05. The molecule has 6 heteroatoms. The van der Waals surface area contributed by atoms with Gasteiger partial charge >= 0.3 is 0 Å². The summed E-state index contributed by atoms with van der Waals surface area (Å²) in [5, 5.41) is 3.99. The van der Waals surface area contributed by atoms with Gasteiger partial charge in [-0.1, -0.05) is 24.3 Å². The summed E-state index contributed by atoms with van der Waals surface area (Å²) in [7, 11) is 3.59. The molecule has 1 atom stereocenters. The first-order chi connectivity index (χ1) is 12.6. The number of fused-ring (bicyclic) bond motifs is 1. The van der Waals surface area contributed by atoms with E-state index in [1.807, 2.05) is 54.4 Å². The van der Waals surface area contributed by atoms with E-state index in [9.17, 15) is 4.79 Å². The van der Waals surface area contributed by atoms with Crippen LogP contribution in [0, 0.1) is 0 Å². The number of hydrogen-bond acceptors (Lipinski definition) is 5. The van der Waals surface area contributed by atoms with Crippen LogP contribution in [0.5, 0.6) is 5.75 Å². The minimum atomic E-state index is -0.00345. The van der Waals surface area contributed by atoms with Gasteiger partial charge in [0.1, 0.15) is 10.8 Å². The Morgan fingerprint density at radius 1 is 1.23 bits per heavy atom. The Morgan fingerprint density at radius 2 is 1.96 bits per heavy atom. The molecule has 0 saturated heterocycles. The molecule has 26 heavy (non-hydrogen) atoms. The molecule has 0 unspecified atom stereocenters. The van der Waals surface area contributed by atoms with Crippen LogP contribution in [-0.4, -0.2) is 36.5 Å². The van der Waals surface area contributed by atoms with Gasteiger partial charge in [-0.2, -0.15) is 0 Å². The maximum atomic E-state index is 12.3. The van der Waals surface area contributed by atoms with Crippen molar-refractivity contribution >= 4 is 27.5 Å². The van der Waals surface area contributed by atoms with Crippen molar-refractivity contribution in [3.05, 3.63) is 59.1 Å². The number of nitrogens with zero attached hydrogens (tertiary/aromatic N) is 2. The smallest absolute Gasteiger partial charge is 0.234 e. The number of nitrogens with one attached hydrogen (secondary N) is 1. The highest BCUT2D eigenvalue weighted by molar-refractivity contribution is 7.18. The molecular weight excluding hydrogens is 346 g/mol. The van der Waals surface area contributed by atoms with Crippen LogP contribution in [0.25, 0.3) is 10.2 Å². The van der Waals surface area contributed by atoms with Gasteiger partial charge in [0, 0.05) is 6.54 Å². The largest absolute Gasteiger partial charge is 0.497 e. The number of methoxy groups -OCH3 is 1. The van der Waals surface area contributed by atoms with Gasteiger partial charge in [-0.15, -0.1) is 11.3 Å². The van der Waals surface area contributed by atoms with Crippen LogP contribution in [0.1, 0.15) is 23.5 Å². The SMILES string of the molecule is COc1ccc(CNC(=O)CN(C)[C@@H](C)c2nc3ccccc3s2)cc1. The summed E-state index contributed by atoms with van der Waals surface area (Å²) in [5.74, 6) is 0.806. The molecule has 1 N–H and O–H groups in total. The molecule has 136 valence electrons. The number of benzene rings is 2. The van der Waals surface area contributed by atoms with Crippen LogP contribution in [0.3, 0.4) is 0 Å². The summed E-state index contributed by atoms with van der Waals surface area (Å²) in [6, 6.07) is 15.9. The monoisotopic (exact) mass is 369 g/mol. The Kier molecular flexibility index (Phi) is 5.85. The van der Waals surface area contributed by atoms with E-state index in [0.717, 1.165) is 21.8 Å². The van der Waals surface area contributed by atoms with Gasteiger partial charge in [0.15, 0.2) is 0 Å². The predicted molar refractivity (Wildman–Crippen MR) is 106 cm³/mol. The molecule has 3 rings (SSSR count). The Labute approximate surface area is 157 Å². The molecule has 0 fully saturated rings. The molecule has 0 spiro atoms. The molecule has 0 aliphatic rings. The highest BCUT2D eigenvalue weighted by Gasteiger charge is 2.18. The maximum absolute atomic E-state index is 12.3. The molecule has 0 bridgehead atoms. The average Bonchev–Trinajstić information content (AvgIpc) is 3.10. The zero-order chi connectivity index (χ0) is 18.5. The number of amides is 1. The summed E-state index contributed by atoms with van der Waals surface area (Å²) in [4.78, 5) is 19.0. The van der Waals surface area contributed by atoms with Gasteiger partial charge < -0.3 is 10.1 Å². The number of ether oxygens (including phenoxy) is 1. The zero-order valence-electron chi connectivity index (χ0n) is 15.2. The number of rotatable bonds is 7. The van der Waals surface area contributed by atoms with Crippen molar-refractivity contribution in [1.82, 2.24) is 15.2 Å². The van der Waals surface area contributed by atoms with Crippen molar-refractivity contribution < 1.29 is 9.53 Å². The third-order valence-corrected chi connectivity index (χ3v) is 5.58. The normalized spacial score (nSPS) is 12.3. The van der Waals surface area contributed by atoms with Crippen molar-refractivity contribution in [2.75, 3.05) is 20.7 Å². The number of para-hydroxylation sites is 1. The Morgan fingerprint density at radius 3 is 2.65 bits per heavy atom. The minimum Gasteiger partial charge on any atom is -0.497 e. The van der Waals surface area contributed by atoms with Gasteiger partial charge in [-0.25, -0.2) is 4.98 Å². The molecule has 1 heterocycles. The fourth-order valence-electron chi connectivity index (χ4n) is 2.62. The lowest BCUT2D eigenvalue weighted by atomic mass is 10.2. The lowest BCUT2D eigenvalue weighted by Gasteiger charge is -2.22. The fraction of sp³-hybridized carbons (Fsp3) is 0.300. The van der Waals surface area contributed by atoms with E-state index in [0.29, 0.717) is 13.1 Å². The summed E-state index contributed by atoms with van der Waals surface area (Å²) >= 11 is 1.68. The quantitative estimate of drug-likeness (QED) is 0.691. The molecule has 1 amide bonds. The van der Waals surface area contributed by atoms with E-state index in [4.69, 9.17) is 4.74 Å².